The summed E-state index contributed by atoms with van der Waals surface area (Å²) in [6, 6.07) is 8.04. The second-order valence-electron chi connectivity index (χ2n) is 4.48. The molecule has 1 aromatic rings. The van der Waals surface area contributed by atoms with Crippen LogP contribution >= 0.6 is 0 Å². The van der Waals surface area contributed by atoms with Gasteiger partial charge in [-0.3, -0.25) is 4.79 Å². The number of ketones is 1. The van der Waals surface area contributed by atoms with Gasteiger partial charge in [-0.15, -0.1) is 0 Å². The van der Waals surface area contributed by atoms with Crippen LogP contribution in [0.5, 0.6) is 0 Å². The lowest BCUT2D eigenvalue weighted by Gasteiger charge is -2.17. The predicted molar refractivity (Wildman–Crippen MR) is 64.4 cm³/mol. The molecule has 1 aromatic carbocycles. The normalized spacial score (nSPS) is 23.1. The average Bonchev–Trinajstić information content (AvgIpc) is 2.49. The van der Waals surface area contributed by atoms with Crippen LogP contribution in [-0.4, -0.2) is 5.78 Å². The minimum absolute atomic E-state index is 0.105. The molecule has 0 saturated carbocycles. The fraction of sp³-hybridized carbons (Fsp3) is 0.267. The average molecular weight is 210 g/mol. The first-order valence-corrected chi connectivity index (χ1v) is 5.84. The number of carbonyl (C=O) groups excluding carboxylic acids is 1. The second-order valence-corrected chi connectivity index (χ2v) is 4.48. The van der Waals surface area contributed by atoms with Crippen LogP contribution in [0.1, 0.15) is 28.8 Å². The van der Waals surface area contributed by atoms with Crippen molar-refractivity contribution < 1.29 is 4.79 Å². The van der Waals surface area contributed by atoms with E-state index in [0.717, 1.165) is 24.8 Å². The lowest BCUT2D eigenvalue weighted by molar-refractivity contribution is 0.0940. The fourth-order valence-electron chi connectivity index (χ4n) is 2.65. The van der Waals surface area contributed by atoms with Crippen molar-refractivity contribution in [2.24, 2.45) is 5.92 Å². The molecule has 0 heterocycles. The Labute approximate surface area is 95.5 Å². The first kappa shape index (κ1) is 9.59. The molecule has 3 rings (SSSR count). The molecular weight excluding hydrogens is 196 g/mol. The van der Waals surface area contributed by atoms with Gasteiger partial charge >= 0.3 is 0 Å². The van der Waals surface area contributed by atoms with Crippen LogP contribution in [0.2, 0.25) is 0 Å². The zero-order chi connectivity index (χ0) is 11.0. The van der Waals surface area contributed by atoms with Crippen molar-refractivity contribution >= 4 is 5.78 Å². The summed E-state index contributed by atoms with van der Waals surface area (Å²) >= 11 is 0. The van der Waals surface area contributed by atoms with Gasteiger partial charge in [-0.2, -0.15) is 0 Å². The molecule has 1 atom stereocenters. The number of fused-ring (bicyclic) bond motifs is 2. The van der Waals surface area contributed by atoms with Gasteiger partial charge in [0.05, 0.1) is 0 Å². The molecule has 2 aliphatic rings. The van der Waals surface area contributed by atoms with Crippen molar-refractivity contribution in [1.29, 1.82) is 0 Å². The van der Waals surface area contributed by atoms with E-state index in [0.29, 0.717) is 5.78 Å². The van der Waals surface area contributed by atoms with Crippen molar-refractivity contribution in [3.8, 4) is 0 Å². The van der Waals surface area contributed by atoms with Crippen molar-refractivity contribution in [3.63, 3.8) is 0 Å². The Morgan fingerprint density at radius 2 is 2.00 bits per heavy atom. The minimum Gasteiger partial charge on any atom is -0.293 e. The Morgan fingerprint density at radius 1 is 1.12 bits per heavy atom. The highest BCUT2D eigenvalue weighted by atomic mass is 16.1. The third-order valence-corrected chi connectivity index (χ3v) is 3.55. The molecular formula is C15H14O. The highest BCUT2D eigenvalue weighted by Crippen LogP contribution is 2.32. The van der Waals surface area contributed by atoms with Crippen LogP contribution in [0, 0.1) is 5.92 Å². The second kappa shape index (κ2) is 3.75. The van der Waals surface area contributed by atoms with Crippen LogP contribution in [0.15, 0.2) is 48.1 Å². The van der Waals surface area contributed by atoms with Gasteiger partial charge in [0.1, 0.15) is 0 Å². The molecule has 1 heteroatoms. The molecule has 1 nitrogen and oxygen atoms in total. The number of hydrogen-bond acceptors (Lipinski definition) is 1. The quantitative estimate of drug-likeness (QED) is 0.642. The highest BCUT2D eigenvalue weighted by molar-refractivity contribution is 6.01. The van der Waals surface area contributed by atoms with E-state index < -0.39 is 0 Å². The molecule has 0 radical (unpaired) electrons. The maximum Gasteiger partial charge on any atom is 0.170 e. The molecule has 80 valence electrons. The minimum atomic E-state index is 0.105. The lowest BCUT2D eigenvalue weighted by Crippen LogP contribution is -2.16. The molecule has 0 fully saturated rings. The summed E-state index contributed by atoms with van der Waals surface area (Å²) in [4.78, 5) is 12.4. The van der Waals surface area contributed by atoms with Crippen molar-refractivity contribution in [1.82, 2.24) is 0 Å². The van der Waals surface area contributed by atoms with E-state index in [4.69, 9.17) is 0 Å². The Balaban J connectivity index is 2.09. The Bertz CT molecular complexity index is 494. The van der Waals surface area contributed by atoms with E-state index in [1.165, 1.54) is 11.1 Å². The van der Waals surface area contributed by atoms with Crippen LogP contribution in [-0.2, 0) is 6.42 Å². The van der Waals surface area contributed by atoms with E-state index in [2.05, 4.69) is 24.3 Å². The van der Waals surface area contributed by atoms with E-state index in [1.54, 1.807) is 0 Å². The Hall–Kier alpha value is -1.63. The van der Waals surface area contributed by atoms with Gasteiger partial charge in [-0.05, 0) is 24.8 Å². The molecule has 1 unspecified atom stereocenters. The smallest absolute Gasteiger partial charge is 0.170 e. The topological polar surface area (TPSA) is 17.1 Å². The maximum absolute atomic E-state index is 12.4. The van der Waals surface area contributed by atoms with Crippen LogP contribution in [0.25, 0.3) is 0 Å². The number of aryl methyl sites for hydroxylation is 1. The van der Waals surface area contributed by atoms with Crippen molar-refractivity contribution in [2.75, 3.05) is 0 Å². The molecule has 0 N–H and O–H groups in total. The lowest BCUT2D eigenvalue weighted by atomic mass is 9.85. The van der Waals surface area contributed by atoms with Crippen LogP contribution in [0.4, 0.5) is 0 Å². The van der Waals surface area contributed by atoms with E-state index in [9.17, 15) is 4.79 Å². The van der Waals surface area contributed by atoms with Crippen LogP contribution < -0.4 is 0 Å². The third kappa shape index (κ3) is 1.44. The fourth-order valence-corrected chi connectivity index (χ4v) is 2.65. The third-order valence-electron chi connectivity index (χ3n) is 3.55. The number of carbonyl (C=O) groups is 1. The zero-order valence-electron chi connectivity index (χ0n) is 9.15. The molecule has 0 bridgehead atoms. The van der Waals surface area contributed by atoms with Crippen molar-refractivity contribution in [2.45, 2.75) is 19.3 Å². The summed E-state index contributed by atoms with van der Waals surface area (Å²) in [5.41, 5.74) is 3.46. The number of rotatable bonds is 0. The molecule has 0 amide bonds. The van der Waals surface area contributed by atoms with Gasteiger partial charge in [0.25, 0.3) is 0 Å². The van der Waals surface area contributed by atoms with Crippen LogP contribution in [0.3, 0.4) is 0 Å². The van der Waals surface area contributed by atoms with Gasteiger partial charge < -0.3 is 0 Å². The highest BCUT2D eigenvalue weighted by Gasteiger charge is 2.28. The molecule has 16 heavy (non-hydrogen) atoms. The van der Waals surface area contributed by atoms with E-state index in [1.807, 2.05) is 18.2 Å². The first-order chi connectivity index (χ1) is 7.86. The Kier molecular flexibility index (Phi) is 2.24. The summed E-state index contributed by atoms with van der Waals surface area (Å²) in [7, 11) is 0. The predicted octanol–water partition coefficient (Wildman–Crippen LogP) is 3.32. The van der Waals surface area contributed by atoms with Gasteiger partial charge in [0.15, 0.2) is 5.78 Å². The maximum atomic E-state index is 12.4. The summed E-state index contributed by atoms with van der Waals surface area (Å²) in [6.07, 6.45) is 9.20. The van der Waals surface area contributed by atoms with Gasteiger partial charge in [0, 0.05) is 11.5 Å². The number of allylic oxidation sites excluding steroid dienone is 4. The number of benzene rings is 1. The first-order valence-electron chi connectivity index (χ1n) is 5.84. The number of hydrogen-bond donors (Lipinski definition) is 0. The summed E-state index contributed by atoms with van der Waals surface area (Å²) in [5, 5.41) is 0. The van der Waals surface area contributed by atoms with E-state index in [-0.39, 0.29) is 5.92 Å². The summed E-state index contributed by atoms with van der Waals surface area (Å²) in [5.74, 6) is 0.414. The molecule has 0 spiro atoms. The van der Waals surface area contributed by atoms with Gasteiger partial charge in [-0.25, -0.2) is 0 Å². The monoisotopic (exact) mass is 210 g/mol. The SMILES string of the molecule is O=C1c2ccccc2CCC2=CC=CCC12. The molecule has 0 aromatic heterocycles. The Morgan fingerprint density at radius 3 is 2.94 bits per heavy atom. The zero-order valence-corrected chi connectivity index (χ0v) is 9.15. The molecule has 2 aliphatic carbocycles. The van der Waals surface area contributed by atoms with Gasteiger partial charge in [-0.1, -0.05) is 48.1 Å². The van der Waals surface area contributed by atoms with Gasteiger partial charge in [0.2, 0.25) is 0 Å². The molecule has 0 aliphatic heterocycles. The van der Waals surface area contributed by atoms with E-state index >= 15 is 0 Å². The van der Waals surface area contributed by atoms with Crippen molar-refractivity contribution in [3.05, 3.63) is 59.2 Å². The summed E-state index contributed by atoms with van der Waals surface area (Å²) in [6.45, 7) is 0. The molecule has 0 saturated heterocycles. The number of Topliss-reactive ketones (excluding diaryl/α,β-unsaturated/α-hetero) is 1. The standard InChI is InChI=1S/C15H14O/c16-15-13-7-3-1-5-11(13)9-10-12-6-2-4-8-14(12)15/h1-7,14H,8-10H2. The summed E-state index contributed by atoms with van der Waals surface area (Å²) < 4.78 is 0. The largest absolute Gasteiger partial charge is 0.293 e.